The van der Waals surface area contributed by atoms with Crippen LogP contribution < -0.4 is 5.73 Å². The van der Waals surface area contributed by atoms with E-state index in [2.05, 4.69) is 51.3 Å². The summed E-state index contributed by atoms with van der Waals surface area (Å²) in [7, 11) is 0. The molecule has 108 valence electrons. The number of rotatable bonds is 6. The van der Waals surface area contributed by atoms with E-state index in [4.69, 9.17) is 5.73 Å². The van der Waals surface area contributed by atoms with Gasteiger partial charge >= 0.3 is 0 Å². The van der Waals surface area contributed by atoms with Gasteiger partial charge in [-0.25, -0.2) is 0 Å². The highest BCUT2D eigenvalue weighted by Gasteiger charge is 2.39. The van der Waals surface area contributed by atoms with Crippen molar-refractivity contribution in [2.75, 3.05) is 24.6 Å². The normalized spacial score (nSPS) is 23.0. The zero-order valence-electron chi connectivity index (χ0n) is 12.9. The number of nitrogens with zero attached hydrogens (tertiary/aromatic N) is 1. The maximum Gasteiger partial charge on any atom is 0.0340 e. The molecule has 1 unspecified atom stereocenters. The minimum absolute atomic E-state index is 0.225. The second-order valence-corrected chi connectivity index (χ2v) is 7.89. The lowest BCUT2D eigenvalue weighted by Gasteiger charge is -2.50. The summed E-state index contributed by atoms with van der Waals surface area (Å²) in [6, 6.07) is 0.671. The van der Waals surface area contributed by atoms with E-state index in [1.807, 2.05) is 0 Å². The Bertz CT molecular complexity index is 231. The van der Waals surface area contributed by atoms with Crippen molar-refractivity contribution in [1.29, 1.82) is 0 Å². The molecular weight excluding hydrogens is 240 g/mol. The van der Waals surface area contributed by atoms with Crippen LogP contribution in [0, 0.1) is 11.8 Å². The molecule has 0 saturated carbocycles. The van der Waals surface area contributed by atoms with Gasteiger partial charge in [-0.15, -0.1) is 0 Å². The monoisotopic (exact) mass is 272 g/mol. The first-order valence-corrected chi connectivity index (χ1v) is 8.61. The Morgan fingerprint density at radius 1 is 1.22 bits per heavy atom. The summed E-state index contributed by atoms with van der Waals surface area (Å²) < 4.78 is 0. The predicted molar refractivity (Wildman–Crippen MR) is 84.2 cm³/mol. The van der Waals surface area contributed by atoms with Crippen molar-refractivity contribution in [3.8, 4) is 0 Å². The summed E-state index contributed by atoms with van der Waals surface area (Å²) in [6.07, 6.45) is 2.47. The SMILES string of the molecule is CC(C)CC(CN)(CC(C)C)N1CCSCC1C. The fraction of sp³-hybridized carbons (Fsp3) is 1.00. The van der Waals surface area contributed by atoms with Gasteiger partial charge in [0.1, 0.15) is 0 Å². The third kappa shape index (κ3) is 4.14. The summed E-state index contributed by atoms with van der Waals surface area (Å²) in [5.74, 6) is 3.96. The Balaban J connectivity index is 2.91. The largest absolute Gasteiger partial charge is 0.329 e. The van der Waals surface area contributed by atoms with E-state index >= 15 is 0 Å². The Labute approximate surface area is 118 Å². The molecule has 1 aliphatic heterocycles. The quantitative estimate of drug-likeness (QED) is 0.805. The standard InChI is InChI=1S/C15H32N2S/c1-12(2)8-15(11-16,9-13(3)4)17-6-7-18-10-14(17)5/h12-14H,6-11,16H2,1-5H3. The smallest absolute Gasteiger partial charge is 0.0340 e. The average molecular weight is 273 g/mol. The molecule has 0 spiro atoms. The molecule has 0 aromatic rings. The van der Waals surface area contributed by atoms with E-state index in [-0.39, 0.29) is 5.54 Å². The molecular formula is C15H32N2S. The van der Waals surface area contributed by atoms with Gasteiger partial charge < -0.3 is 5.73 Å². The zero-order chi connectivity index (χ0) is 13.8. The van der Waals surface area contributed by atoms with Crippen LogP contribution in [0.4, 0.5) is 0 Å². The first-order valence-electron chi connectivity index (χ1n) is 7.46. The Hall–Kier alpha value is 0.270. The summed E-state index contributed by atoms with van der Waals surface area (Å²) in [5, 5.41) is 0. The predicted octanol–water partition coefficient (Wildman–Crippen LogP) is 3.21. The molecule has 0 amide bonds. The van der Waals surface area contributed by atoms with Crippen molar-refractivity contribution >= 4 is 11.8 Å². The van der Waals surface area contributed by atoms with E-state index in [0.717, 1.165) is 6.54 Å². The maximum atomic E-state index is 6.25. The summed E-state index contributed by atoms with van der Waals surface area (Å²) >= 11 is 2.09. The van der Waals surface area contributed by atoms with Crippen molar-refractivity contribution in [1.82, 2.24) is 4.90 Å². The van der Waals surface area contributed by atoms with Gasteiger partial charge in [-0.3, -0.25) is 4.90 Å². The molecule has 1 aliphatic rings. The van der Waals surface area contributed by atoms with Gasteiger partial charge in [0.05, 0.1) is 0 Å². The van der Waals surface area contributed by atoms with Gasteiger partial charge in [0.25, 0.3) is 0 Å². The van der Waals surface area contributed by atoms with Gasteiger partial charge in [-0.05, 0) is 31.6 Å². The third-order valence-corrected chi connectivity index (χ3v) is 5.12. The van der Waals surface area contributed by atoms with Crippen LogP contribution in [0.3, 0.4) is 0 Å². The zero-order valence-corrected chi connectivity index (χ0v) is 13.7. The van der Waals surface area contributed by atoms with E-state index in [1.165, 1.54) is 30.9 Å². The Morgan fingerprint density at radius 2 is 1.78 bits per heavy atom. The molecule has 1 rings (SSSR count). The fourth-order valence-electron chi connectivity index (χ4n) is 3.55. The highest BCUT2D eigenvalue weighted by atomic mass is 32.2. The van der Waals surface area contributed by atoms with Crippen molar-refractivity contribution < 1.29 is 0 Å². The van der Waals surface area contributed by atoms with Gasteiger partial charge in [0.15, 0.2) is 0 Å². The van der Waals surface area contributed by atoms with Crippen LogP contribution in [-0.4, -0.2) is 41.1 Å². The van der Waals surface area contributed by atoms with Crippen LogP contribution in [0.2, 0.25) is 0 Å². The average Bonchev–Trinajstić information content (AvgIpc) is 2.27. The molecule has 3 heteroatoms. The lowest BCUT2D eigenvalue weighted by molar-refractivity contribution is 0.0313. The van der Waals surface area contributed by atoms with Gasteiger partial charge in [0.2, 0.25) is 0 Å². The molecule has 1 atom stereocenters. The van der Waals surface area contributed by atoms with Gasteiger partial charge in [0, 0.05) is 36.2 Å². The van der Waals surface area contributed by atoms with Crippen LogP contribution in [0.25, 0.3) is 0 Å². The molecule has 2 nitrogen and oxygen atoms in total. The van der Waals surface area contributed by atoms with Crippen LogP contribution in [0.5, 0.6) is 0 Å². The molecule has 1 fully saturated rings. The van der Waals surface area contributed by atoms with E-state index in [9.17, 15) is 0 Å². The first kappa shape index (κ1) is 16.3. The van der Waals surface area contributed by atoms with E-state index < -0.39 is 0 Å². The summed E-state index contributed by atoms with van der Waals surface area (Å²) in [6.45, 7) is 13.7. The van der Waals surface area contributed by atoms with Crippen molar-refractivity contribution in [2.45, 2.75) is 59.0 Å². The molecule has 1 heterocycles. The lowest BCUT2D eigenvalue weighted by Crippen LogP contribution is -2.60. The van der Waals surface area contributed by atoms with Crippen molar-refractivity contribution in [3.05, 3.63) is 0 Å². The third-order valence-electron chi connectivity index (χ3n) is 3.93. The Morgan fingerprint density at radius 3 is 2.17 bits per heavy atom. The minimum Gasteiger partial charge on any atom is -0.329 e. The summed E-state index contributed by atoms with van der Waals surface area (Å²) in [5.41, 5.74) is 6.47. The maximum absolute atomic E-state index is 6.25. The second kappa shape index (κ2) is 7.16. The molecule has 0 aromatic carbocycles. The van der Waals surface area contributed by atoms with Crippen LogP contribution in [0.1, 0.15) is 47.5 Å². The number of nitrogens with two attached hydrogens (primary N) is 1. The minimum atomic E-state index is 0.225. The van der Waals surface area contributed by atoms with Crippen LogP contribution in [0.15, 0.2) is 0 Å². The topological polar surface area (TPSA) is 29.3 Å². The molecule has 18 heavy (non-hydrogen) atoms. The molecule has 0 radical (unpaired) electrons. The van der Waals surface area contributed by atoms with Gasteiger partial charge in [-0.1, -0.05) is 27.7 Å². The van der Waals surface area contributed by atoms with Crippen LogP contribution in [-0.2, 0) is 0 Å². The van der Waals surface area contributed by atoms with Crippen molar-refractivity contribution in [2.24, 2.45) is 17.6 Å². The number of thioether (sulfide) groups is 1. The second-order valence-electron chi connectivity index (χ2n) is 6.74. The molecule has 1 saturated heterocycles. The molecule has 0 aliphatic carbocycles. The summed E-state index contributed by atoms with van der Waals surface area (Å²) in [4.78, 5) is 2.73. The molecule has 0 bridgehead atoms. The van der Waals surface area contributed by atoms with E-state index in [1.54, 1.807) is 0 Å². The highest BCUT2D eigenvalue weighted by molar-refractivity contribution is 7.99. The fourth-order valence-corrected chi connectivity index (χ4v) is 4.57. The van der Waals surface area contributed by atoms with Crippen molar-refractivity contribution in [3.63, 3.8) is 0 Å². The molecule has 2 N–H and O–H groups in total. The highest BCUT2D eigenvalue weighted by Crippen LogP contribution is 2.34. The van der Waals surface area contributed by atoms with Gasteiger partial charge in [-0.2, -0.15) is 11.8 Å². The number of hydrogen-bond acceptors (Lipinski definition) is 3. The van der Waals surface area contributed by atoms with Crippen LogP contribution >= 0.6 is 11.8 Å². The number of hydrogen-bond donors (Lipinski definition) is 1. The molecule has 0 aromatic heterocycles. The lowest BCUT2D eigenvalue weighted by atomic mass is 9.79. The first-order chi connectivity index (χ1) is 8.41. The Kier molecular flexibility index (Phi) is 6.49. The van der Waals surface area contributed by atoms with E-state index in [0.29, 0.717) is 17.9 Å².